The molecular weight excluding hydrogens is 590 g/mol. The molecule has 0 radical (unpaired) electrons. The number of amides is 3. The molecule has 3 amide bonds. The highest BCUT2D eigenvalue weighted by Gasteiger charge is 2.40. The second kappa shape index (κ2) is 15.8. The topological polar surface area (TPSA) is 153 Å². The third kappa shape index (κ3) is 8.80. The fourth-order valence-corrected chi connectivity index (χ4v) is 5.09. The molecule has 4 rings (SSSR count). The Balaban J connectivity index is 1.38. The summed E-state index contributed by atoms with van der Waals surface area (Å²) in [6.07, 6.45) is 3.64. The highest BCUT2D eigenvalue weighted by molar-refractivity contribution is 6.00. The van der Waals surface area contributed by atoms with Crippen LogP contribution < -0.4 is 15.4 Å². The maximum atomic E-state index is 13.6. The molecule has 2 heterocycles. The van der Waals surface area contributed by atoms with Crippen molar-refractivity contribution in [1.29, 1.82) is 0 Å². The van der Waals surface area contributed by atoms with E-state index in [9.17, 15) is 19.2 Å². The second-order valence-electron chi connectivity index (χ2n) is 11.8. The molecule has 0 saturated carbocycles. The van der Waals surface area contributed by atoms with Gasteiger partial charge in [0.05, 0.1) is 13.2 Å². The molecule has 244 valence electrons. The molecule has 2 N–H and O–H groups in total. The number of nitrogens with one attached hydrogen (secondary N) is 2. The number of Topliss-reactive ketones (excluding diaryl/α,β-unsaturated/α-hetero) is 1. The van der Waals surface area contributed by atoms with Gasteiger partial charge in [0.15, 0.2) is 0 Å². The zero-order valence-electron chi connectivity index (χ0n) is 26.8. The standard InChI is InChI=1S/C34H41N5O7/c1-21(2)28(30(40)32-38-37-27(46-32)18-15-23-13-16-25(44-5)17-14-23)35-31(41)26-12-9-19-39(26)33(42)29(22(3)4)36-34(43)45-20-24-10-7-6-8-11-24/h6-8,10-11,13-18,21-22,26,28-29H,9,12,19-20H2,1-5H3,(H,35,41)(H,36,43)/b18-15+/t26-,28+,29-/m0/s1. The summed E-state index contributed by atoms with van der Waals surface area (Å²) < 4.78 is 16.1. The van der Waals surface area contributed by atoms with Crippen molar-refractivity contribution in [3.63, 3.8) is 0 Å². The summed E-state index contributed by atoms with van der Waals surface area (Å²) in [7, 11) is 1.59. The molecular formula is C34H41N5O7. The van der Waals surface area contributed by atoms with Crippen molar-refractivity contribution in [2.45, 2.75) is 65.3 Å². The molecule has 0 aliphatic carbocycles. The van der Waals surface area contributed by atoms with Crippen molar-refractivity contribution < 1.29 is 33.1 Å². The Morgan fingerprint density at radius 1 is 0.935 bits per heavy atom. The summed E-state index contributed by atoms with van der Waals surface area (Å²) in [5, 5.41) is 13.3. The van der Waals surface area contributed by atoms with Gasteiger partial charge in [0, 0.05) is 12.6 Å². The summed E-state index contributed by atoms with van der Waals surface area (Å²) in [5.41, 5.74) is 1.69. The zero-order valence-corrected chi connectivity index (χ0v) is 26.8. The molecule has 12 heteroatoms. The summed E-state index contributed by atoms with van der Waals surface area (Å²) in [5.74, 6) is -1.33. The molecule has 0 spiro atoms. The summed E-state index contributed by atoms with van der Waals surface area (Å²) in [6.45, 7) is 7.61. The third-order valence-electron chi connectivity index (χ3n) is 7.69. The molecule has 0 unspecified atom stereocenters. The SMILES string of the molecule is COc1ccc(/C=C/c2nnc(C(=O)[C@H](NC(=O)[C@@H]3CCCN3C(=O)[C@@H](NC(=O)OCc3ccccc3)C(C)C)C(C)C)o2)cc1. The van der Waals surface area contributed by atoms with Crippen LogP contribution in [0, 0.1) is 11.8 Å². The van der Waals surface area contributed by atoms with Gasteiger partial charge < -0.3 is 29.4 Å². The minimum atomic E-state index is -0.962. The monoisotopic (exact) mass is 631 g/mol. The van der Waals surface area contributed by atoms with Gasteiger partial charge in [0.25, 0.3) is 5.89 Å². The van der Waals surface area contributed by atoms with Gasteiger partial charge in [-0.3, -0.25) is 14.4 Å². The molecule has 12 nitrogen and oxygen atoms in total. The van der Waals surface area contributed by atoms with Crippen molar-refractivity contribution >= 4 is 35.8 Å². The van der Waals surface area contributed by atoms with Gasteiger partial charge in [-0.1, -0.05) is 70.2 Å². The normalized spacial score (nSPS) is 16.0. The molecule has 1 saturated heterocycles. The van der Waals surface area contributed by atoms with Gasteiger partial charge in [-0.05, 0) is 54.0 Å². The minimum Gasteiger partial charge on any atom is -0.497 e. The van der Waals surface area contributed by atoms with Crippen molar-refractivity contribution in [3.05, 3.63) is 77.5 Å². The highest BCUT2D eigenvalue weighted by Crippen LogP contribution is 2.22. The first-order chi connectivity index (χ1) is 22.1. The number of ether oxygens (including phenoxy) is 2. The third-order valence-corrected chi connectivity index (χ3v) is 7.69. The molecule has 3 atom stereocenters. The number of methoxy groups -OCH3 is 1. The van der Waals surface area contributed by atoms with Crippen LogP contribution in [0.2, 0.25) is 0 Å². The fraction of sp³-hybridized carbons (Fsp3) is 0.412. The predicted octanol–water partition coefficient (Wildman–Crippen LogP) is 4.51. The van der Waals surface area contributed by atoms with E-state index in [0.717, 1.165) is 16.9 Å². The number of alkyl carbamates (subject to hydrolysis) is 1. The number of benzene rings is 2. The highest BCUT2D eigenvalue weighted by atomic mass is 16.5. The van der Waals surface area contributed by atoms with Crippen LogP contribution in [0.3, 0.4) is 0 Å². The first kappa shape index (κ1) is 33.9. The smallest absolute Gasteiger partial charge is 0.408 e. The van der Waals surface area contributed by atoms with Crippen LogP contribution in [0.25, 0.3) is 12.2 Å². The zero-order chi connectivity index (χ0) is 33.2. The minimum absolute atomic E-state index is 0.0611. The number of aromatic nitrogens is 2. The molecule has 46 heavy (non-hydrogen) atoms. The number of hydrogen-bond acceptors (Lipinski definition) is 9. The summed E-state index contributed by atoms with van der Waals surface area (Å²) >= 11 is 0. The number of likely N-dealkylation sites (tertiary alicyclic amines) is 1. The van der Waals surface area contributed by atoms with Crippen LogP contribution in [0.15, 0.2) is 59.0 Å². The largest absolute Gasteiger partial charge is 0.497 e. The Hall–Kier alpha value is -5.00. The van der Waals surface area contributed by atoms with E-state index in [1.165, 1.54) is 4.90 Å². The van der Waals surface area contributed by atoms with E-state index < -0.39 is 35.9 Å². The van der Waals surface area contributed by atoms with Gasteiger partial charge in [-0.15, -0.1) is 10.2 Å². The Labute approximate surface area is 268 Å². The Kier molecular flexibility index (Phi) is 11.7. The first-order valence-electron chi connectivity index (χ1n) is 15.3. The van der Waals surface area contributed by atoms with Crippen molar-refractivity contribution in [3.8, 4) is 5.75 Å². The molecule has 1 aliphatic rings. The van der Waals surface area contributed by atoms with Crippen molar-refractivity contribution in [1.82, 2.24) is 25.7 Å². The Bertz CT molecular complexity index is 1520. The van der Waals surface area contributed by atoms with Crippen molar-refractivity contribution in [2.24, 2.45) is 11.8 Å². The van der Waals surface area contributed by atoms with E-state index in [-0.39, 0.29) is 36.1 Å². The van der Waals surface area contributed by atoms with E-state index >= 15 is 0 Å². The lowest BCUT2D eigenvalue weighted by Crippen LogP contribution is -2.57. The lowest BCUT2D eigenvalue weighted by molar-refractivity contribution is -0.141. The number of rotatable bonds is 13. The Morgan fingerprint density at radius 2 is 1.63 bits per heavy atom. The van der Waals surface area contributed by atoms with Crippen LogP contribution in [0.4, 0.5) is 4.79 Å². The van der Waals surface area contributed by atoms with Gasteiger partial charge in [-0.25, -0.2) is 4.79 Å². The number of hydrogen-bond donors (Lipinski definition) is 2. The predicted molar refractivity (Wildman–Crippen MR) is 170 cm³/mol. The second-order valence-corrected chi connectivity index (χ2v) is 11.8. The van der Waals surface area contributed by atoms with Crippen LogP contribution in [-0.2, 0) is 20.9 Å². The van der Waals surface area contributed by atoms with Crippen LogP contribution in [-0.4, -0.2) is 70.6 Å². The maximum Gasteiger partial charge on any atom is 0.408 e. The number of carbonyl (C=O) groups excluding carboxylic acids is 4. The lowest BCUT2D eigenvalue weighted by Gasteiger charge is -2.31. The van der Waals surface area contributed by atoms with E-state index in [4.69, 9.17) is 13.9 Å². The molecule has 0 bridgehead atoms. The van der Waals surface area contributed by atoms with Crippen LogP contribution in [0.5, 0.6) is 5.75 Å². The number of ketones is 1. The molecule has 3 aromatic rings. The molecule has 1 aliphatic heterocycles. The van der Waals surface area contributed by atoms with E-state index in [0.29, 0.717) is 19.4 Å². The van der Waals surface area contributed by atoms with Gasteiger partial charge in [-0.2, -0.15) is 0 Å². The van der Waals surface area contributed by atoms with Gasteiger partial charge in [0.1, 0.15) is 24.4 Å². The summed E-state index contributed by atoms with van der Waals surface area (Å²) in [4.78, 5) is 54.6. The van der Waals surface area contributed by atoms with Gasteiger partial charge in [0.2, 0.25) is 23.5 Å². The van der Waals surface area contributed by atoms with E-state index in [1.54, 1.807) is 33.1 Å². The average molecular weight is 632 g/mol. The number of nitrogens with zero attached hydrogens (tertiary/aromatic N) is 3. The molecule has 1 aromatic heterocycles. The average Bonchev–Trinajstić information content (AvgIpc) is 3.75. The van der Waals surface area contributed by atoms with Crippen LogP contribution >= 0.6 is 0 Å². The van der Waals surface area contributed by atoms with Gasteiger partial charge >= 0.3 is 6.09 Å². The Morgan fingerprint density at radius 3 is 2.28 bits per heavy atom. The fourth-order valence-electron chi connectivity index (χ4n) is 5.09. The number of carbonyl (C=O) groups is 4. The lowest BCUT2D eigenvalue weighted by atomic mass is 9.98. The molecule has 1 fully saturated rings. The molecule has 2 aromatic carbocycles. The quantitative estimate of drug-likeness (QED) is 0.259. The van der Waals surface area contributed by atoms with E-state index in [1.807, 2.05) is 68.4 Å². The maximum absolute atomic E-state index is 13.6. The summed E-state index contributed by atoms with van der Waals surface area (Å²) in [6, 6.07) is 13.9. The van der Waals surface area contributed by atoms with Crippen LogP contribution in [0.1, 0.15) is 68.2 Å². The van der Waals surface area contributed by atoms with Crippen molar-refractivity contribution in [2.75, 3.05) is 13.7 Å². The van der Waals surface area contributed by atoms with E-state index in [2.05, 4.69) is 20.8 Å². The first-order valence-corrected chi connectivity index (χ1v) is 15.3.